The van der Waals surface area contributed by atoms with Crippen LogP contribution in [0.15, 0.2) is 24.3 Å². The molecule has 2 aromatic rings. The second kappa shape index (κ2) is 5.33. The first kappa shape index (κ1) is 15.5. The fourth-order valence-corrected chi connectivity index (χ4v) is 3.09. The van der Waals surface area contributed by atoms with Crippen molar-refractivity contribution < 1.29 is 14.7 Å². The lowest BCUT2D eigenvalue weighted by molar-refractivity contribution is -0.147. The van der Waals surface area contributed by atoms with Gasteiger partial charge in [0.25, 0.3) is 5.91 Å². The summed E-state index contributed by atoms with van der Waals surface area (Å²) in [5.41, 5.74) is 2.35. The lowest BCUT2D eigenvalue weighted by Gasteiger charge is -2.21. The van der Waals surface area contributed by atoms with E-state index in [1.807, 2.05) is 38.1 Å². The summed E-state index contributed by atoms with van der Waals surface area (Å²) in [4.78, 5) is 30.3. The summed E-state index contributed by atoms with van der Waals surface area (Å²) in [5.74, 6) is -0.986. The molecule has 1 amide bonds. The van der Waals surface area contributed by atoms with Crippen LogP contribution in [-0.4, -0.2) is 40.0 Å². The summed E-state index contributed by atoms with van der Waals surface area (Å²) in [7, 11) is 0. The van der Waals surface area contributed by atoms with Crippen molar-refractivity contribution in [3.8, 4) is 0 Å². The first-order valence-electron chi connectivity index (χ1n) is 7.71. The highest BCUT2D eigenvalue weighted by atomic mass is 16.4. The molecule has 1 aliphatic heterocycles. The molecule has 1 atom stereocenters. The number of amides is 1. The van der Waals surface area contributed by atoms with Crippen molar-refractivity contribution in [3.05, 3.63) is 41.1 Å². The Kier molecular flexibility index (Phi) is 3.59. The lowest BCUT2D eigenvalue weighted by Crippen LogP contribution is -2.35. The molecule has 1 aromatic heterocycles. The molecule has 1 aliphatic rings. The Balaban J connectivity index is 1.95. The number of likely N-dealkylation sites (tertiary alicyclic amines) is 1. The topological polar surface area (TPSA) is 70.5 Å². The first-order valence-corrected chi connectivity index (χ1v) is 7.71. The number of carboxylic acid groups (broad SMARTS) is 1. The zero-order valence-electron chi connectivity index (χ0n) is 13.6. The average molecular weight is 312 g/mol. The van der Waals surface area contributed by atoms with E-state index in [-0.39, 0.29) is 12.5 Å². The van der Waals surface area contributed by atoms with Crippen LogP contribution in [0.4, 0.5) is 0 Å². The Bertz CT molecular complexity index is 815. The summed E-state index contributed by atoms with van der Waals surface area (Å²) in [6.07, 6.45) is 0.479. The number of fused-ring (bicyclic) bond motifs is 1. The second-order valence-electron chi connectivity index (χ2n) is 6.66. The van der Waals surface area contributed by atoms with Gasteiger partial charge in [0.05, 0.1) is 22.2 Å². The fourth-order valence-electron chi connectivity index (χ4n) is 3.09. The monoisotopic (exact) mass is 312 g/mol. The molecule has 1 aromatic carbocycles. The third-order valence-electron chi connectivity index (χ3n) is 4.67. The van der Waals surface area contributed by atoms with Crippen LogP contribution in [0.1, 0.15) is 35.0 Å². The SMILES string of the molecule is Cc1ccc2nc(C)c(C(=O)N3CC[C@](C)(C(=O)O)C3)cc2c1. The number of carbonyl (C=O) groups excluding carboxylic acids is 1. The summed E-state index contributed by atoms with van der Waals surface area (Å²) in [5, 5.41) is 10.2. The predicted molar refractivity (Wildman–Crippen MR) is 87.5 cm³/mol. The minimum absolute atomic E-state index is 0.136. The van der Waals surface area contributed by atoms with Crippen LogP contribution < -0.4 is 0 Å². The van der Waals surface area contributed by atoms with Crippen LogP contribution >= 0.6 is 0 Å². The van der Waals surface area contributed by atoms with Gasteiger partial charge < -0.3 is 10.0 Å². The number of hydrogen-bond acceptors (Lipinski definition) is 3. The van der Waals surface area contributed by atoms with Gasteiger partial charge in [-0.25, -0.2) is 0 Å². The number of benzene rings is 1. The molecule has 0 spiro atoms. The van der Waals surface area contributed by atoms with E-state index in [1.165, 1.54) is 0 Å². The van der Waals surface area contributed by atoms with Crippen LogP contribution in [0.3, 0.4) is 0 Å². The van der Waals surface area contributed by atoms with Gasteiger partial charge in [0.2, 0.25) is 0 Å². The molecule has 5 heteroatoms. The van der Waals surface area contributed by atoms with Gasteiger partial charge in [-0.05, 0) is 45.4 Å². The maximum atomic E-state index is 12.8. The van der Waals surface area contributed by atoms with E-state index in [1.54, 1.807) is 11.8 Å². The van der Waals surface area contributed by atoms with Crippen LogP contribution in [0.5, 0.6) is 0 Å². The molecule has 1 N–H and O–H groups in total. The van der Waals surface area contributed by atoms with Crippen molar-refractivity contribution in [2.75, 3.05) is 13.1 Å². The molecule has 0 radical (unpaired) electrons. The van der Waals surface area contributed by atoms with Gasteiger partial charge in [-0.1, -0.05) is 11.6 Å². The Hall–Kier alpha value is -2.43. The third kappa shape index (κ3) is 2.67. The highest BCUT2D eigenvalue weighted by Gasteiger charge is 2.42. The Morgan fingerprint density at radius 3 is 2.65 bits per heavy atom. The second-order valence-corrected chi connectivity index (χ2v) is 6.66. The Labute approximate surface area is 134 Å². The number of aryl methyl sites for hydroxylation is 2. The van der Waals surface area contributed by atoms with Gasteiger partial charge in [-0.3, -0.25) is 14.6 Å². The van der Waals surface area contributed by atoms with E-state index < -0.39 is 11.4 Å². The molecular formula is C18H20N2O3. The van der Waals surface area contributed by atoms with Crippen LogP contribution in [-0.2, 0) is 4.79 Å². The molecule has 0 aliphatic carbocycles. The molecular weight excluding hydrogens is 292 g/mol. The van der Waals surface area contributed by atoms with Gasteiger partial charge in [0.1, 0.15) is 0 Å². The molecule has 0 bridgehead atoms. The van der Waals surface area contributed by atoms with Gasteiger partial charge in [-0.15, -0.1) is 0 Å². The predicted octanol–water partition coefficient (Wildman–Crippen LogP) is 2.79. The van der Waals surface area contributed by atoms with Crippen molar-refractivity contribution in [1.82, 2.24) is 9.88 Å². The van der Waals surface area contributed by atoms with E-state index in [9.17, 15) is 14.7 Å². The summed E-state index contributed by atoms with van der Waals surface area (Å²) < 4.78 is 0. The van der Waals surface area contributed by atoms with E-state index in [0.717, 1.165) is 16.5 Å². The largest absolute Gasteiger partial charge is 0.481 e. The maximum absolute atomic E-state index is 12.8. The highest BCUT2D eigenvalue weighted by Crippen LogP contribution is 2.31. The van der Waals surface area contributed by atoms with E-state index in [2.05, 4.69) is 4.98 Å². The smallest absolute Gasteiger partial charge is 0.311 e. The number of carboxylic acids is 1. The minimum Gasteiger partial charge on any atom is -0.481 e. The van der Waals surface area contributed by atoms with Crippen LogP contribution in [0, 0.1) is 19.3 Å². The van der Waals surface area contributed by atoms with Gasteiger partial charge in [-0.2, -0.15) is 0 Å². The molecule has 1 fully saturated rings. The summed E-state index contributed by atoms with van der Waals surface area (Å²) >= 11 is 0. The van der Waals surface area contributed by atoms with E-state index >= 15 is 0 Å². The highest BCUT2D eigenvalue weighted by molar-refractivity contribution is 5.99. The number of rotatable bonds is 2. The molecule has 0 saturated carbocycles. The van der Waals surface area contributed by atoms with Gasteiger partial charge in [0, 0.05) is 18.5 Å². The minimum atomic E-state index is -0.857. The zero-order valence-corrected chi connectivity index (χ0v) is 13.6. The summed E-state index contributed by atoms with van der Waals surface area (Å²) in [6, 6.07) is 7.81. The van der Waals surface area contributed by atoms with Crippen molar-refractivity contribution in [2.24, 2.45) is 5.41 Å². The van der Waals surface area contributed by atoms with Gasteiger partial charge in [0.15, 0.2) is 0 Å². The van der Waals surface area contributed by atoms with Crippen molar-refractivity contribution in [1.29, 1.82) is 0 Å². The number of pyridine rings is 1. The number of hydrogen-bond donors (Lipinski definition) is 1. The molecule has 5 nitrogen and oxygen atoms in total. The molecule has 2 heterocycles. The average Bonchev–Trinajstić information content (AvgIpc) is 2.90. The zero-order chi connectivity index (χ0) is 16.8. The number of carbonyl (C=O) groups is 2. The van der Waals surface area contributed by atoms with E-state index in [4.69, 9.17) is 0 Å². The summed E-state index contributed by atoms with van der Waals surface area (Å²) in [6.45, 7) is 6.22. The lowest BCUT2D eigenvalue weighted by atomic mass is 9.90. The Morgan fingerprint density at radius 1 is 1.26 bits per heavy atom. The fraction of sp³-hybridized carbons (Fsp3) is 0.389. The van der Waals surface area contributed by atoms with E-state index in [0.29, 0.717) is 24.2 Å². The number of nitrogens with zero attached hydrogens (tertiary/aromatic N) is 2. The molecule has 120 valence electrons. The first-order chi connectivity index (χ1) is 10.8. The normalized spacial score (nSPS) is 20.9. The standard InChI is InChI=1S/C18H20N2O3/c1-11-4-5-15-13(8-11)9-14(12(2)19-15)16(21)20-7-6-18(3,10-20)17(22)23/h4-5,8-9H,6-7,10H2,1-3H3,(H,22,23)/t18-/m0/s1. The third-order valence-corrected chi connectivity index (χ3v) is 4.67. The van der Waals surface area contributed by atoms with Gasteiger partial charge >= 0.3 is 5.97 Å². The maximum Gasteiger partial charge on any atom is 0.311 e. The van der Waals surface area contributed by atoms with Crippen molar-refractivity contribution >= 4 is 22.8 Å². The molecule has 1 saturated heterocycles. The van der Waals surface area contributed by atoms with Crippen molar-refractivity contribution in [2.45, 2.75) is 27.2 Å². The van der Waals surface area contributed by atoms with Crippen molar-refractivity contribution in [3.63, 3.8) is 0 Å². The molecule has 0 unspecified atom stereocenters. The Morgan fingerprint density at radius 2 is 2.00 bits per heavy atom. The quantitative estimate of drug-likeness (QED) is 0.925. The number of aliphatic carboxylic acids is 1. The molecule has 23 heavy (non-hydrogen) atoms. The van der Waals surface area contributed by atoms with Crippen LogP contribution in [0.2, 0.25) is 0 Å². The van der Waals surface area contributed by atoms with Crippen LogP contribution in [0.25, 0.3) is 10.9 Å². The number of aromatic nitrogens is 1. The molecule has 3 rings (SSSR count).